The Labute approximate surface area is 204 Å². The lowest BCUT2D eigenvalue weighted by atomic mass is 9.92. The van der Waals surface area contributed by atoms with E-state index in [4.69, 9.17) is 9.47 Å². The highest BCUT2D eigenvalue weighted by Crippen LogP contribution is 2.51. The Kier molecular flexibility index (Phi) is 5.24. The van der Waals surface area contributed by atoms with Crippen molar-refractivity contribution in [3.63, 3.8) is 0 Å². The standard InChI is InChI=1S/C29H28N2O4/c1-18-5-11-23(16-24(18)19-6-8-20(9-7-19)27(32)30-22-3-2-4-22)31-28(33)29(13-14-29)21-10-12-25-26(15-21)35-17-34-25/h5-12,15-16,22H,2-4,13-14,17H2,1H3,(H,30,32)(H,31,33). The molecule has 0 radical (unpaired) electrons. The molecule has 2 fully saturated rings. The van der Waals surface area contributed by atoms with Gasteiger partial charge in [0.15, 0.2) is 11.5 Å². The number of aryl methyl sites for hydroxylation is 1. The van der Waals surface area contributed by atoms with Gasteiger partial charge in [0.1, 0.15) is 0 Å². The molecule has 6 rings (SSSR count). The summed E-state index contributed by atoms with van der Waals surface area (Å²) in [5, 5.41) is 6.22. The van der Waals surface area contributed by atoms with Crippen LogP contribution in [0.15, 0.2) is 60.7 Å². The van der Waals surface area contributed by atoms with Crippen molar-refractivity contribution in [1.82, 2.24) is 5.32 Å². The molecule has 0 saturated heterocycles. The number of amides is 2. The first-order valence-corrected chi connectivity index (χ1v) is 12.3. The van der Waals surface area contributed by atoms with Crippen molar-refractivity contribution in [2.24, 2.45) is 0 Å². The normalized spacial score (nSPS) is 17.4. The molecule has 3 aromatic rings. The molecule has 0 bridgehead atoms. The van der Waals surface area contributed by atoms with E-state index in [0.717, 1.165) is 59.4 Å². The van der Waals surface area contributed by atoms with Gasteiger partial charge < -0.3 is 20.1 Å². The minimum atomic E-state index is -0.526. The summed E-state index contributed by atoms with van der Waals surface area (Å²) in [6.07, 6.45) is 4.94. The van der Waals surface area contributed by atoms with E-state index in [1.54, 1.807) is 0 Å². The van der Waals surface area contributed by atoms with E-state index in [2.05, 4.69) is 10.6 Å². The van der Waals surface area contributed by atoms with Crippen LogP contribution >= 0.6 is 0 Å². The van der Waals surface area contributed by atoms with Gasteiger partial charge in [0.25, 0.3) is 5.91 Å². The lowest BCUT2D eigenvalue weighted by Gasteiger charge is -2.26. The molecule has 2 saturated carbocycles. The van der Waals surface area contributed by atoms with Gasteiger partial charge in [0.2, 0.25) is 12.7 Å². The van der Waals surface area contributed by atoms with E-state index < -0.39 is 5.41 Å². The molecule has 0 unspecified atom stereocenters. The summed E-state index contributed by atoms with van der Waals surface area (Å²) in [6, 6.07) is 19.7. The zero-order chi connectivity index (χ0) is 24.0. The molecule has 2 N–H and O–H groups in total. The minimum Gasteiger partial charge on any atom is -0.454 e. The number of ether oxygens (including phenoxy) is 2. The topological polar surface area (TPSA) is 76.7 Å². The van der Waals surface area contributed by atoms with Crippen LogP contribution in [0.3, 0.4) is 0 Å². The highest BCUT2D eigenvalue weighted by molar-refractivity contribution is 6.02. The van der Waals surface area contributed by atoms with E-state index in [1.807, 2.05) is 67.6 Å². The summed E-state index contributed by atoms with van der Waals surface area (Å²) in [5.41, 5.74) is 5.00. The summed E-state index contributed by atoms with van der Waals surface area (Å²) >= 11 is 0. The molecule has 1 aliphatic heterocycles. The maximum atomic E-state index is 13.3. The lowest BCUT2D eigenvalue weighted by Crippen LogP contribution is -2.39. The van der Waals surface area contributed by atoms with Gasteiger partial charge >= 0.3 is 0 Å². The fourth-order valence-corrected chi connectivity index (χ4v) is 4.85. The Morgan fingerprint density at radius 3 is 2.40 bits per heavy atom. The van der Waals surface area contributed by atoms with Crippen molar-refractivity contribution < 1.29 is 19.1 Å². The predicted molar refractivity (Wildman–Crippen MR) is 134 cm³/mol. The Morgan fingerprint density at radius 2 is 1.69 bits per heavy atom. The molecular weight excluding hydrogens is 440 g/mol. The van der Waals surface area contributed by atoms with Gasteiger partial charge in [-0.2, -0.15) is 0 Å². The van der Waals surface area contributed by atoms with Crippen LogP contribution in [0.5, 0.6) is 11.5 Å². The number of carbonyl (C=O) groups is 2. The summed E-state index contributed by atoms with van der Waals surface area (Å²) in [5.74, 6) is 1.40. The Bertz CT molecular complexity index is 1310. The summed E-state index contributed by atoms with van der Waals surface area (Å²) in [7, 11) is 0. The number of benzene rings is 3. The number of rotatable bonds is 6. The van der Waals surface area contributed by atoms with Crippen molar-refractivity contribution in [3.8, 4) is 22.6 Å². The van der Waals surface area contributed by atoms with Crippen molar-refractivity contribution in [2.45, 2.75) is 50.5 Å². The molecule has 3 aliphatic rings. The largest absolute Gasteiger partial charge is 0.454 e. The fourth-order valence-electron chi connectivity index (χ4n) is 4.85. The maximum Gasteiger partial charge on any atom is 0.251 e. The van der Waals surface area contributed by atoms with Gasteiger partial charge in [0, 0.05) is 17.3 Å². The third kappa shape index (κ3) is 4.03. The molecule has 6 nitrogen and oxygen atoms in total. The molecule has 6 heteroatoms. The molecule has 2 amide bonds. The predicted octanol–water partition coefficient (Wildman–Crippen LogP) is 5.34. The highest BCUT2D eigenvalue weighted by atomic mass is 16.7. The highest BCUT2D eigenvalue weighted by Gasteiger charge is 2.51. The average molecular weight is 469 g/mol. The van der Waals surface area contributed by atoms with Gasteiger partial charge in [-0.1, -0.05) is 24.3 Å². The first-order valence-electron chi connectivity index (χ1n) is 12.3. The van der Waals surface area contributed by atoms with E-state index in [1.165, 1.54) is 6.42 Å². The molecule has 0 aromatic heterocycles. The van der Waals surface area contributed by atoms with Crippen LogP contribution in [0.1, 0.15) is 53.6 Å². The van der Waals surface area contributed by atoms with E-state index in [9.17, 15) is 9.59 Å². The number of anilines is 1. The number of hydrogen-bond acceptors (Lipinski definition) is 4. The van der Waals surface area contributed by atoms with Crippen LogP contribution in [-0.4, -0.2) is 24.6 Å². The van der Waals surface area contributed by atoms with E-state index in [-0.39, 0.29) is 18.6 Å². The SMILES string of the molecule is Cc1ccc(NC(=O)C2(c3ccc4c(c3)OCO4)CC2)cc1-c1ccc(C(=O)NC2CCC2)cc1. The summed E-state index contributed by atoms with van der Waals surface area (Å²) in [6.45, 7) is 2.27. The monoisotopic (exact) mass is 468 g/mol. The Balaban J connectivity index is 1.19. The molecule has 0 atom stereocenters. The van der Waals surface area contributed by atoms with Gasteiger partial charge in [-0.15, -0.1) is 0 Å². The van der Waals surface area contributed by atoms with Gasteiger partial charge in [-0.05, 0) is 97.7 Å². The van der Waals surface area contributed by atoms with Gasteiger partial charge in [-0.25, -0.2) is 0 Å². The Hall–Kier alpha value is -3.80. The van der Waals surface area contributed by atoms with Crippen LogP contribution in [0.2, 0.25) is 0 Å². The quantitative estimate of drug-likeness (QED) is 0.512. The second kappa shape index (κ2) is 8.45. The van der Waals surface area contributed by atoms with Crippen molar-refractivity contribution in [3.05, 3.63) is 77.4 Å². The second-order valence-corrected chi connectivity index (χ2v) is 9.81. The Morgan fingerprint density at radius 1 is 0.914 bits per heavy atom. The zero-order valence-electron chi connectivity index (χ0n) is 19.7. The van der Waals surface area contributed by atoms with Crippen LogP contribution in [0.4, 0.5) is 5.69 Å². The number of hydrogen-bond donors (Lipinski definition) is 2. The third-order valence-electron chi connectivity index (χ3n) is 7.50. The minimum absolute atomic E-state index is 0.00539. The molecular formula is C29H28N2O4. The molecule has 178 valence electrons. The van der Waals surface area contributed by atoms with E-state index >= 15 is 0 Å². The third-order valence-corrected chi connectivity index (χ3v) is 7.50. The van der Waals surface area contributed by atoms with E-state index in [0.29, 0.717) is 17.4 Å². The lowest BCUT2D eigenvalue weighted by molar-refractivity contribution is -0.118. The average Bonchev–Trinajstić information content (AvgIpc) is 3.53. The van der Waals surface area contributed by atoms with Gasteiger partial charge in [0.05, 0.1) is 5.41 Å². The van der Waals surface area contributed by atoms with Crippen LogP contribution in [-0.2, 0) is 10.2 Å². The van der Waals surface area contributed by atoms with Crippen LogP contribution < -0.4 is 20.1 Å². The molecule has 2 aliphatic carbocycles. The van der Waals surface area contributed by atoms with Crippen molar-refractivity contribution >= 4 is 17.5 Å². The zero-order valence-corrected chi connectivity index (χ0v) is 19.7. The van der Waals surface area contributed by atoms with Crippen molar-refractivity contribution in [1.29, 1.82) is 0 Å². The first kappa shape index (κ1) is 21.7. The smallest absolute Gasteiger partial charge is 0.251 e. The van der Waals surface area contributed by atoms with Gasteiger partial charge in [-0.3, -0.25) is 9.59 Å². The molecule has 3 aromatic carbocycles. The molecule has 0 spiro atoms. The maximum absolute atomic E-state index is 13.3. The summed E-state index contributed by atoms with van der Waals surface area (Å²) in [4.78, 5) is 25.8. The van der Waals surface area contributed by atoms with Crippen LogP contribution in [0.25, 0.3) is 11.1 Å². The van der Waals surface area contributed by atoms with Crippen molar-refractivity contribution in [2.75, 3.05) is 12.1 Å². The summed E-state index contributed by atoms with van der Waals surface area (Å²) < 4.78 is 10.9. The van der Waals surface area contributed by atoms with Crippen LogP contribution in [0, 0.1) is 6.92 Å². The first-order chi connectivity index (χ1) is 17.0. The number of carbonyl (C=O) groups excluding carboxylic acids is 2. The number of fused-ring (bicyclic) bond motifs is 1. The molecule has 35 heavy (non-hydrogen) atoms. The second-order valence-electron chi connectivity index (χ2n) is 9.81. The fraction of sp³-hybridized carbons (Fsp3) is 0.310. The number of nitrogens with one attached hydrogen (secondary N) is 2. The molecule has 1 heterocycles.